The van der Waals surface area contributed by atoms with Crippen LogP contribution in [0.15, 0.2) is 42.5 Å². The van der Waals surface area contributed by atoms with E-state index in [0.29, 0.717) is 0 Å². The van der Waals surface area contributed by atoms with Crippen LogP contribution in [0.3, 0.4) is 0 Å². The highest BCUT2D eigenvalue weighted by Crippen LogP contribution is 2.27. The van der Waals surface area contributed by atoms with Gasteiger partial charge in [0.15, 0.2) is 0 Å². The first-order valence-corrected chi connectivity index (χ1v) is 7.86. The minimum Gasteiger partial charge on any atom is -0.496 e. The minimum absolute atomic E-state index is 0.0277. The Kier molecular flexibility index (Phi) is 4.46. The molecular formula is C19H24N2O. The molecule has 0 radical (unpaired) electrons. The molecular weight excluding hydrogens is 272 g/mol. The van der Waals surface area contributed by atoms with Crippen LogP contribution in [0.2, 0.25) is 0 Å². The quantitative estimate of drug-likeness (QED) is 0.942. The third-order valence-corrected chi connectivity index (χ3v) is 4.45. The second kappa shape index (κ2) is 6.51. The van der Waals surface area contributed by atoms with Gasteiger partial charge in [0.1, 0.15) is 5.75 Å². The number of benzene rings is 2. The molecule has 0 fully saturated rings. The Morgan fingerprint density at radius 2 is 1.95 bits per heavy atom. The van der Waals surface area contributed by atoms with Crippen molar-refractivity contribution in [2.45, 2.75) is 25.9 Å². The number of nitrogens with two attached hydrogens (primary N) is 1. The van der Waals surface area contributed by atoms with Crippen LogP contribution in [0.1, 0.15) is 28.3 Å². The molecule has 0 amide bonds. The maximum absolute atomic E-state index is 6.47. The molecule has 1 aliphatic heterocycles. The van der Waals surface area contributed by atoms with E-state index in [0.717, 1.165) is 37.4 Å². The summed E-state index contributed by atoms with van der Waals surface area (Å²) in [5.74, 6) is 0.885. The summed E-state index contributed by atoms with van der Waals surface area (Å²) < 4.78 is 5.47. The summed E-state index contributed by atoms with van der Waals surface area (Å²) in [7, 11) is 1.71. The molecule has 3 nitrogen and oxygen atoms in total. The number of nitrogens with zero attached hydrogens (tertiary/aromatic N) is 1. The molecule has 0 spiro atoms. The van der Waals surface area contributed by atoms with Crippen LogP contribution in [0, 0.1) is 6.92 Å². The van der Waals surface area contributed by atoms with Gasteiger partial charge in [0.05, 0.1) is 7.11 Å². The van der Waals surface area contributed by atoms with Crippen LogP contribution in [0.4, 0.5) is 0 Å². The normalized spacial score (nSPS) is 16.1. The van der Waals surface area contributed by atoms with Crippen LogP contribution in [0.25, 0.3) is 0 Å². The second-order valence-corrected chi connectivity index (χ2v) is 6.11. The van der Waals surface area contributed by atoms with Gasteiger partial charge in [-0.3, -0.25) is 4.90 Å². The van der Waals surface area contributed by atoms with Crippen molar-refractivity contribution in [1.29, 1.82) is 0 Å². The van der Waals surface area contributed by atoms with Crippen molar-refractivity contribution in [2.24, 2.45) is 5.73 Å². The Morgan fingerprint density at radius 3 is 2.73 bits per heavy atom. The second-order valence-electron chi connectivity index (χ2n) is 6.11. The van der Waals surface area contributed by atoms with Gasteiger partial charge in [0.25, 0.3) is 0 Å². The summed E-state index contributed by atoms with van der Waals surface area (Å²) in [6.07, 6.45) is 1.11. The van der Waals surface area contributed by atoms with Gasteiger partial charge >= 0.3 is 0 Å². The molecule has 0 aromatic heterocycles. The lowest BCUT2D eigenvalue weighted by atomic mass is 9.98. The molecule has 0 saturated heterocycles. The molecule has 0 saturated carbocycles. The summed E-state index contributed by atoms with van der Waals surface area (Å²) in [5, 5.41) is 0. The standard InChI is InChI=1S/C19H24N2O/c1-14-7-8-19(22-2)17(11-14)18(20)13-21-10-9-15-5-3-4-6-16(15)12-21/h3-8,11,18H,9-10,12-13,20H2,1-2H3. The van der Waals surface area contributed by atoms with Crippen molar-refractivity contribution in [2.75, 3.05) is 20.2 Å². The molecule has 116 valence electrons. The molecule has 1 atom stereocenters. The smallest absolute Gasteiger partial charge is 0.123 e. The molecule has 1 aliphatic rings. The lowest BCUT2D eigenvalue weighted by Crippen LogP contribution is -2.36. The van der Waals surface area contributed by atoms with Crippen molar-refractivity contribution in [1.82, 2.24) is 4.90 Å². The predicted octanol–water partition coefficient (Wildman–Crippen LogP) is 3.06. The monoisotopic (exact) mass is 296 g/mol. The Hall–Kier alpha value is -1.84. The summed E-state index contributed by atoms with van der Waals surface area (Å²) in [6, 6.07) is 14.9. The molecule has 2 aromatic carbocycles. The zero-order valence-electron chi connectivity index (χ0n) is 13.4. The van der Waals surface area contributed by atoms with Crippen LogP contribution in [-0.2, 0) is 13.0 Å². The van der Waals surface area contributed by atoms with Crippen molar-refractivity contribution < 1.29 is 4.74 Å². The molecule has 0 aliphatic carbocycles. The van der Waals surface area contributed by atoms with Crippen molar-refractivity contribution in [3.63, 3.8) is 0 Å². The SMILES string of the molecule is COc1ccc(C)cc1C(N)CN1CCc2ccccc2C1. The van der Waals surface area contributed by atoms with Gasteiger partial charge in [0.2, 0.25) is 0 Å². The van der Waals surface area contributed by atoms with Crippen molar-refractivity contribution in [3.05, 3.63) is 64.7 Å². The van der Waals surface area contributed by atoms with E-state index >= 15 is 0 Å². The van der Waals surface area contributed by atoms with Crippen LogP contribution >= 0.6 is 0 Å². The zero-order valence-corrected chi connectivity index (χ0v) is 13.4. The molecule has 1 unspecified atom stereocenters. The van der Waals surface area contributed by atoms with Crippen LogP contribution < -0.4 is 10.5 Å². The molecule has 2 N–H and O–H groups in total. The molecule has 1 heterocycles. The fourth-order valence-corrected chi connectivity index (χ4v) is 3.23. The Morgan fingerprint density at radius 1 is 1.18 bits per heavy atom. The summed E-state index contributed by atoms with van der Waals surface area (Å²) >= 11 is 0. The molecule has 3 rings (SSSR count). The lowest BCUT2D eigenvalue weighted by Gasteiger charge is -2.31. The van der Waals surface area contributed by atoms with Crippen molar-refractivity contribution >= 4 is 0 Å². The van der Waals surface area contributed by atoms with Gasteiger partial charge in [-0.2, -0.15) is 0 Å². The van der Waals surface area contributed by atoms with E-state index in [1.165, 1.54) is 16.7 Å². The first-order valence-electron chi connectivity index (χ1n) is 7.86. The number of aryl methyl sites for hydroxylation is 1. The largest absolute Gasteiger partial charge is 0.496 e. The van der Waals surface area contributed by atoms with Gasteiger partial charge in [-0.25, -0.2) is 0 Å². The van der Waals surface area contributed by atoms with Gasteiger partial charge in [-0.15, -0.1) is 0 Å². The van der Waals surface area contributed by atoms with Crippen molar-refractivity contribution in [3.8, 4) is 5.75 Å². The van der Waals surface area contributed by atoms with E-state index in [-0.39, 0.29) is 6.04 Å². The Labute approximate surface area is 132 Å². The summed E-state index contributed by atoms with van der Waals surface area (Å²) in [4.78, 5) is 2.44. The fourth-order valence-electron chi connectivity index (χ4n) is 3.23. The first kappa shape index (κ1) is 15.1. The molecule has 3 heteroatoms. The van der Waals surface area contributed by atoms with Gasteiger partial charge < -0.3 is 10.5 Å². The molecule has 0 bridgehead atoms. The highest BCUT2D eigenvalue weighted by Gasteiger charge is 2.20. The van der Waals surface area contributed by atoms with Crippen LogP contribution in [0.5, 0.6) is 5.75 Å². The topological polar surface area (TPSA) is 38.5 Å². The highest BCUT2D eigenvalue weighted by atomic mass is 16.5. The number of hydrogen-bond donors (Lipinski definition) is 1. The average Bonchev–Trinajstić information content (AvgIpc) is 2.54. The zero-order chi connectivity index (χ0) is 15.5. The van der Waals surface area contributed by atoms with E-state index in [9.17, 15) is 0 Å². The number of methoxy groups -OCH3 is 1. The Bertz CT molecular complexity index is 654. The van der Waals surface area contributed by atoms with Gasteiger partial charge in [0, 0.05) is 31.2 Å². The van der Waals surface area contributed by atoms with E-state index in [2.05, 4.69) is 48.2 Å². The third kappa shape index (κ3) is 3.16. The third-order valence-electron chi connectivity index (χ3n) is 4.45. The fraction of sp³-hybridized carbons (Fsp3) is 0.368. The highest BCUT2D eigenvalue weighted by molar-refractivity contribution is 5.39. The van der Waals surface area contributed by atoms with Gasteiger partial charge in [-0.05, 0) is 30.5 Å². The van der Waals surface area contributed by atoms with E-state index in [1.54, 1.807) is 7.11 Å². The minimum atomic E-state index is -0.0277. The summed E-state index contributed by atoms with van der Waals surface area (Å²) in [5.41, 5.74) is 11.7. The molecule has 2 aromatic rings. The summed E-state index contributed by atoms with van der Waals surface area (Å²) in [6.45, 7) is 5.00. The Balaban J connectivity index is 1.73. The van der Waals surface area contributed by atoms with E-state index in [1.807, 2.05) is 6.07 Å². The van der Waals surface area contributed by atoms with Gasteiger partial charge in [-0.1, -0.05) is 42.0 Å². The number of hydrogen-bond acceptors (Lipinski definition) is 3. The number of rotatable bonds is 4. The maximum atomic E-state index is 6.47. The maximum Gasteiger partial charge on any atom is 0.123 e. The van der Waals surface area contributed by atoms with E-state index < -0.39 is 0 Å². The van der Waals surface area contributed by atoms with E-state index in [4.69, 9.17) is 10.5 Å². The average molecular weight is 296 g/mol. The first-order chi connectivity index (χ1) is 10.7. The molecule has 22 heavy (non-hydrogen) atoms. The van der Waals surface area contributed by atoms with Crippen LogP contribution in [-0.4, -0.2) is 25.1 Å². The number of ether oxygens (including phenoxy) is 1. The predicted molar refractivity (Wildman–Crippen MR) is 90.1 cm³/mol. The lowest BCUT2D eigenvalue weighted by molar-refractivity contribution is 0.237. The number of fused-ring (bicyclic) bond motifs is 1.